The summed E-state index contributed by atoms with van der Waals surface area (Å²) in [5.74, 6) is -0.266. The molecular formula is C27H22O7. The van der Waals surface area contributed by atoms with Gasteiger partial charge in [0.15, 0.2) is 5.43 Å². The Bertz CT molecular complexity index is 1440. The van der Waals surface area contributed by atoms with Crippen LogP contribution in [0.4, 0.5) is 0 Å². The predicted octanol–water partition coefficient (Wildman–Crippen LogP) is 5.18. The van der Waals surface area contributed by atoms with Crippen LogP contribution >= 0.6 is 0 Å². The lowest BCUT2D eigenvalue weighted by Crippen LogP contribution is -2.06. The molecule has 0 fully saturated rings. The van der Waals surface area contributed by atoms with Crippen molar-refractivity contribution in [3.8, 4) is 28.6 Å². The summed E-state index contributed by atoms with van der Waals surface area (Å²) in [6, 6.07) is 16.6. The van der Waals surface area contributed by atoms with Crippen molar-refractivity contribution in [2.75, 3.05) is 7.11 Å². The monoisotopic (exact) mass is 458 g/mol. The third kappa shape index (κ3) is 4.36. The van der Waals surface area contributed by atoms with Gasteiger partial charge < -0.3 is 24.1 Å². The van der Waals surface area contributed by atoms with Gasteiger partial charge in [0.2, 0.25) is 0 Å². The molecule has 0 aliphatic heterocycles. The molecule has 4 aromatic rings. The lowest BCUT2D eigenvalue weighted by atomic mass is 10.0. The lowest BCUT2D eigenvalue weighted by molar-refractivity contribution is 0.0696. The van der Waals surface area contributed by atoms with Gasteiger partial charge in [-0.1, -0.05) is 42.5 Å². The molecule has 0 amide bonds. The van der Waals surface area contributed by atoms with Gasteiger partial charge in [0.25, 0.3) is 0 Å². The van der Waals surface area contributed by atoms with Crippen molar-refractivity contribution in [2.24, 2.45) is 0 Å². The quantitative estimate of drug-likeness (QED) is 0.350. The molecular weight excluding hydrogens is 436 g/mol. The topological polar surface area (TPSA) is 106 Å². The molecule has 0 saturated heterocycles. The van der Waals surface area contributed by atoms with Gasteiger partial charge in [-0.05, 0) is 18.6 Å². The molecule has 0 bridgehead atoms. The molecule has 7 heteroatoms. The van der Waals surface area contributed by atoms with Crippen LogP contribution in [0.3, 0.4) is 0 Å². The van der Waals surface area contributed by atoms with E-state index in [-0.39, 0.29) is 40.7 Å². The van der Waals surface area contributed by atoms with Crippen LogP contribution in [0, 0.1) is 0 Å². The number of allylic oxidation sites excluding steroid dienone is 1. The average Bonchev–Trinajstić information content (AvgIpc) is 2.84. The molecule has 1 aromatic heterocycles. The summed E-state index contributed by atoms with van der Waals surface area (Å²) in [6.07, 6.45) is 1.85. The van der Waals surface area contributed by atoms with Crippen LogP contribution < -0.4 is 14.9 Å². The van der Waals surface area contributed by atoms with Crippen LogP contribution in [-0.2, 0) is 13.0 Å². The zero-order valence-electron chi connectivity index (χ0n) is 18.4. The van der Waals surface area contributed by atoms with Gasteiger partial charge in [-0.25, -0.2) is 4.79 Å². The summed E-state index contributed by atoms with van der Waals surface area (Å²) >= 11 is 0. The van der Waals surface area contributed by atoms with E-state index in [4.69, 9.17) is 13.9 Å². The molecule has 4 rings (SSSR count). The SMILES string of the molecule is C=CCc1c(OCc2ccc(C(=O)O)cc2OC)cc2oc(-c3ccccc3)cc(=O)c2c1O. The second-order valence-electron chi connectivity index (χ2n) is 7.53. The van der Waals surface area contributed by atoms with Crippen LogP contribution in [0.15, 0.2) is 82.5 Å². The van der Waals surface area contributed by atoms with Gasteiger partial charge >= 0.3 is 5.97 Å². The molecule has 0 atom stereocenters. The first-order valence-electron chi connectivity index (χ1n) is 10.4. The van der Waals surface area contributed by atoms with E-state index in [1.807, 2.05) is 30.3 Å². The molecule has 0 radical (unpaired) electrons. The highest BCUT2D eigenvalue weighted by Crippen LogP contribution is 2.37. The third-order valence-corrected chi connectivity index (χ3v) is 5.38. The van der Waals surface area contributed by atoms with Gasteiger partial charge in [-0.3, -0.25) is 4.79 Å². The fourth-order valence-electron chi connectivity index (χ4n) is 3.69. The van der Waals surface area contributed by atoms with E-state index in [2.05, 4.69) is 6.58 Å². The number of benzene rings is 3. The zero-order valence-corrected chi connectivity index (χ0v) is 18.4. The fraction of sp³-hybridized carbons (Fsp3) is 0.111. The van der Waals surface area contributed by atoms with Crippen molar-refractivity contribution < 1.29 is 28.9 Å². The molecule has 7 nitrogen and oxygen atoms in total. The molecule has 1 heterocycles. The second-order valence-corrected chi connectivity index (χ2v) is 7.53. The Morgan fingerprint density at radius 3 is 2.53 bits per heavy atom. The standard InChI is InChI=1S/C27H22O7/c1-3-7-19-23(33-15-18-11-10-17(27(30)31)12-21(18)32-2)14-24-25(26(19)29)20(28)13-22(34-24)16-8-5-4-6-9-16/h3-6,8-14,29H,1,7,15H2,2H3,(H,30,31). The van der Waals surface area contributed by atoms with Gasteiger partial charge in [0.1, 0.15) is 40.6 Å². The minimum atomic E-state index is -1.07. The first kappa shape index (κ1) is 22.7. The van der Waals surface area contributed by atoms with Crippen molar-refractivity contribution >= 4 is 16.9 Å². The number of carboxylic acid groups (broad SMARTS) is 1. The van der Waals surface area contributed by atoms with E-state index in [0.717, 1.165) is 5.56 Å². The van der Waals surface area contributed by atoms with Crippen molar-refractivity contribution in [1.82, 2.24) is 0 Å². The Hall–Kier alpha value is -4.52. The number of methoxy groups -OCH3 is 1. The fourth-order valence-corrected chi connectivity index (χ4v) is 3.69. The largest absolute Gasteiger partial charge is 0.507 e. The van der Waals surface area contributed by atoms with Crippen molar-refractivity contribution in [2.45, 2.75) is 13.0 Å². The van der Waals surface area contributed by atoms with Crippen LogP contribution in [0.1, 0.15) is 21.5 Å². The number of phenolic OH excluding ortho intramolecular Hbond substituents is 1. The number of hydrogen-bond acceptors (Lipinski definition) is 6. The smallest absolute Gasteiger partial charge is 0.335 e. The Kier molecular flexibility index (Phi) is 6.36. The van der Waals surface area contributed by atoms with E-state index in [1.54, 1.807) is 18.2 Å². The van der Waals surface area contributed by atoms with Crippen molar-refractivity contribution in [3.63, 3.8) is 0 Å². The highest BCUT2D eigenvalue weighted by atomic mass is 16.5. The van der Waals surface area contributed by atoms with Crippen molar-refractivity contribution in [1.29, 1.82) is 0 Å². The minimum absolute atomic E-state index is 0.0285. The molecule has 3 aromatic carbocycles. The second kappa shape index (κ2) is 9.54. The average molecular weight is 458 g/mol. The third-order valence-electron chi connectivity index (χ3n) is 5.38. The summed E-state index contributed by atoms with van der Waals surface area (Å²) in [4.78, 5) is 24.1. The number of fused-ring (bicyclic) bond motifs is 1. The van der Waals surface area contributed by atoms with Gasteiger partial charge in [-0.2, -0.15) is 0 Å². The summed E-state index contributed by atoms with van der Waals surface area (Å²) in [5, 5.41) is 20.2. The Balaban J connectivity index is 1.78. The normalized spacial score (nSPS) is 10.7. The van der Waals surface area contributed by atoms with E-state index < -0.39 is 5.97 Å². The Morgan fingerprint density at radius 2 is 1.85 bits per heavy atom. The zero-order chi connectivity index (χ0) is 24.2. The predicted molar refractivity (Wildman–Crippen MR) is 128 cm³/mol. The van der Waals surface area contributed by atoms with E-state index in [1.165, 1.54) is 25.3 Å². The molecule has 0 spiro atoms. The molecule has 0 saturated carbocycles. The van der Waals surface area contributed by atoms with E-state index >= 15 is 0 Å². The number of aromatic hydroxyl groups is 1. The van der Waals surface area contributed by atoms with Crippen LogP contribution in [0.5, 0.6) is 17.2 Å². The maximum Gasteiger partial charge on any atom is 0.335 e. The minimum Gasteiger partial charge on any atom is -0.507 e. The van der Waals surface area contributed by atoms with Crippen LogP contribution in [0.2, 0.25) is 0 Å². The summed E-state index contributed by atoms with van der Waals surface area (Å²) in [5.41, 5.74) is 1.62. The van der Waals surface area contributed by atoms with Crippen LogP contribution in [-0.4, -0.2) is 23.3 Å². The van der Waals surface area contributed by atoms with Gasteiger partial charge in [0.05, 0.1) is 12.7 Å². The number of rotatable bonds is 8. The first-order chi connectivity index (χ1) is 16.4. The molecule has 0 aliphatic rings. The lowest BCUT2D eigenvalue weighted by Gasteiger charge is -2.16. The molecule has 172 valence electrons. The number of hydrogen-bond donors (Lipinski definition) is 2. The molecule has 0 aliphatic carbocycles. The number of phenols is 1. The summed E-state index contributed by atoms with van der Waals surface area (Å²) in [7, 11) is 1.44. The molecule has 34 heavy (non-hydrogen) atoms. The number of carbonyl (C=O) groups is 1. The number of aromatic carboxylic acids is 1. The maximum atomic E-state index is 12.9. The van der Waals surface area contributed by atoms with Gasteiger partial charge in [0, 0.05) is 28.8 Å². The van der Waals surface area contributed by atoms with Gasteiger partial charge in [-0.15, -0.1) is 6.58 Å². The number of carboxylic acids is 1. The maximum absolute atomic E-state index is 12.9. The van der Waals surface area contributed by atoms with E-state index in [9.17, 15) is 19.8 Å². The Labute approximate surface area is 195 Å². The highest BCUT2D eigenvalue weighted by Gasteiger charge is 2.19. The summed E-state index contributed by atoms with van der Waals surface area (Å²) < 4.78 is 17.3. The van der Waals surface area contributed by atoms with Crippen LogP contribution in [0.25, 0.3) is 22.3 Å². The number of ether oxygens (including phenoxy) is 2. The highest BCUT2D eigenvalue weighted by molar-refractivity contribution is 5.89. The van der Waals surface area contributed by atoms with Crippen molar-refractivity contribution in [3.05, 3.63) is 100 Å². The molecule has 0 unspecified atom stereocenters. The first-order valence-corrected chi connectivity index (χ1v) is 10.4. The molecule has 2 N–H and O–H groups in total. The van der Waals surface area contributed by atoms with E-state index in [0.29, 0.717) is 28.4 Å². The summed E-state index contributed by atoms with van der Waals surface area (Å²) in [6.45, 7) is 3.75. The Morgan fingerprint density at radius 1 is 1.09 bits per heavy atom.